The van der Waals surface area contributed by atoms with Gasteiger partial charge in [0.2, 0.25) is 0 Å². The van der Waals surface area contributed by atoms with Gasteiger partial charge in [0, 0.05) is 50.9 Å². The average molecular weight is 1190 g/mol. The number of anilines is 9. The molecule has 4 heteroatoms. The number of hydrogen-bond acceptors (Lipinski definition) is 3. The van der Waals surface area contributed by atoms with E-state index in [4.69, 9.17) is 0 Å². The van der Waals surface area contributed by atoms with Crippen molar-refractivity contribution in [2.45, 2.75) is 105 Å². The van der Waals surface area contributed by atoms with E-state index in [1.165, 1.54) is 117 Å². The summed E-state index contributed by atoms with van der Waals surface area (Å²) in [5.74, 6) is 0. The number of benzene rings is 12. The molecule has 0 fully saturated rings. The van der Waals surface area contributed by atoms with Crippen LogP contribution in [0.4, 0.5) is 51.2 Å². The van der Waals surface area contributed by atoms with Crippen molar-refractivity contribution in [1.82, 2.24) is 0 Å². The van der Waals surface area contributed by atoms with Gasteiger partial charge in [0.05, 0.1) is 11.4 Å². The molecule has 0 saturated carbocycles. The van der Waals surface area contributed by atoms with Gasteiger partial charge in [-0.15, -0.1) is 0 Å². The topological polar surface area (TPSA) is 9.72 Å². The third-order valence-corrected chi connectivity index (χ3v) is 19.5. The highest BCUT2D eigenvalue weighted by Gasteiger charge is 2.47. The molecule has 12 aromatic rings. The van der Waals surface area contributed by atoms with Gasteiger partial charge < -0.3 is 14.7 Å². The van der Waals surface area contributed by atoms with Crippen LogP contribution in [0.5, 0.6) is 0 Å². The third-order valence-electron chi connectivity index (χ3n) is 19.5. The van der Waals surface area contributed by atoms with Crippen LogP contribution in [-0.2, 0) is 21.7 Å². The Labute approximate surface area is 546 Å². The van der Waals surface area contributed by atoms with Crippen molar-refractivity contribution in [3.05, 3.63) is 289 Å². The molecule has 450 valence electrons. The Bertz CT molecular complexity index is 4720. The second kappa shape index (κ2) is 21.9. The van der Waals surface area contributed by atoms with Crippen LogP contribution in [0, 0.1) is 0 Å². The first-order chi connectivity index (χ1) is 44.1. The summed E-state index contributed by atoms with van der Waals surface area (Å²) in [6.45, 7) is 27.9. The average Bonchev–Trinajstić information content (AvgIpc) is 1.12. The second-order valence-electron chi connectivity index (χ2n) is 29.9. The first kappa shape index (κ1) is 58.5. The Balaban J connectivity index is 1.08. The van der Waals surface area contributed by atoms with Gasteiger partial charge in [0.1, 0.15) is 0 Å². The fourth-order valence-corrected chi connectivity index (χ4v) is 14.4. The van der Waals surface area contributed by atoms with E-state index in [1.54, 1.807) is 0 Å². The molecule has 92 heavy (non-hydrogen) atoms. The van der Waals surface area contributed by atoms with Gasteiger partial charge in [-0.25, -0.2) is 0 Å². The summed E-state index contributed by atoms with van der Waals surface area (Å²) in [7, 11) is 0. The minimum atomic E-state index is -0.177. The van der Waals surface area contributed by atoms with Crippen LogP contribution in [0.2, 0.25) is 0 Å². The van der Waals surface area contributed by atoms with Crippen LogP contribution in [0.1, 0.15) is 105 Å². The highest BCUT2D eigenvalue weighted by Crippen LogP contribution is 2.56. The Kier molecular flexibility index (Phi) is 13.9. The summed E-state index contributed by atoms with van der Waals surface area (Å²) >= 11 is 0. The molecule has 15 rings (SSSR count). The molecule has 0 radical (unpaired) electrons. The van der Waals surface area contributed by atoms with E-state index in [9.17, 15) is 0 Å². The monoisotopic (exact) mass is 1190 g/mol. The van der Waals surface area contributed by atoms with Crippen molar-refractivity contribution < 1.29 is 0 Å². The lowest BCUT2D eigenvalue weighted by molar-refractivity contribution is 0.568. The van der Waals surface area contributed by atoms with E-state index >= 15 is 0 Å². The molecule has 0 spiro atoms. The molecule has 0 N–H and O–H groups in total. The van der Waals surface area contributed by atoms with Crippen LogP contribution in [0.15, 0.2) is 267 Å². The van der Waals surface area contributed by atoms with Crippen LogP contribution in [-0.4, -0.2) is 6.71 Å². The normalized spacial score (nSPS) is 13.2. The summed E-state index contributed by atoms with van der Waals surface area (Å²) in [4.78, 5) is 7.75. The zero-order valence-electron chi connectivity index (χ0n) is 55.3. The smallest absolute Gasteiger partial charge is 0.252 e. The second-order valence-corrected chi connectivity index (χ2v) is 29.9. The fraction of sp³-hybridized carbons (Fsp3) is 0.182. The summed E-state index contributed by atoms with van der Waals surface area (Å²) < 4.78 is 0. The number of hydrogen-bond donors (Lipinski definition) is 0. The van der Waals surface area contributed by atoms with Crippen LogP contribution in [0.3, 0.4) is 0 Å². The largest absolute Gasteiger partial charge is 0.311 e. The molecule has 3 nitrogen and oxygen atoms in total. The van der Waals surface area contributed by atoms with Crippen LogP contribution >= 0.6 is 0 Å². The maximum atomic E-state index is 2.66. The zero-order chi connectivity index (χ0) is 63.6. The van der Waals surface area contributed by atoms with Gasteiger partial charge >= 0.3 is 0 Å². The molecular weight excluding hydrogens is 1110 g/mol. The third kappa shape index (κ3) is 10.3. The summed E-state index contributed by atoms with van der Waals surface area (Å²) in [5, 5.41) is 0. The lowest BCUT2D eigenvalue weighted by Gasteiger charge is -2.45. The van der Waals surface area contributed by atoms with E-state index in [0.29, 0.717) is 0 Å². The van der Waals surface area contributed by atoms with Crippen molar-refractivity contribution in [2.24, 2.45) is 0 Å². The van der Waals surface area contributed by atoms with Gasteiger partial charge in [0.25, 0.3) is 6.71 Å². The SMILES string of the molecule is CC(C)(C)c1cc(-c2ccc(N3c4cc(-c5cc(C(C)(C)C)cc(C(C)(C)C)c5)ccc4B4c5cc(-c6ccccc6)cc6c5N(c5ccc(-c7ccccc7)cc5-c5ccccc5-6)c5cc(N(c6ccccc6)c6ccccc6)cc3c54)cc2)cc(C(C)(C)C)c1. The van der Waals surface area contributed by atoms with E-state index < -0.39 is 0 Å². The summed E-state index contributed by atoms with van der Waals surface area (Å²) in [5.41, 5.74) is 33.6. The van der Waals surface area contributed by atoms with Crippen LogP contribution < -0.4 is 31.1 Å². The zero-order valence-corrected chi connectivity index (χ0v) is 55.3. The fourth-order valence-electron chi connectivity index (χ4n) is 14.4. The van der Waals surface area contributed by atoms with Gasteiger partial charge in [-0.1, -0.05) is 277 Å². The molecule has 0 aliphatic carbocycles. The molecule has 0 bridgehead atoms. The van der Waals surface area contributed by atoms with Crippen molar-refractivity contribution in [3.63, 3.8) is 0 Å². The highest BCUT2D eigenvalue weighted by atomic mass is 15.2. The van der Waals surface area contributed by atoms with Crippen molar-refractivity contribution in [2.75, 3.05) is 14.7 Å². The molecule has 0 saturated heterocycles. The van der Waals surface area contributed by atoms with E-state index in [-0.39, 0.29) is 28.4 Å². The van der Waals surface area contributed by atoms with Gasteiger partial charge in [-0.3, -0.25) is 0 Å². The molecule has 3 aliphatic heterocycles. The first-order valence-corrected chi connectivity index (χ1v) is 32.9. The summed E-state index contributed by atoms with van der Waals surface area (Å²) in [6.07, 6.45) is 0. The lowest BCUT2D eigenvalue weighted by atomic mass is 9.33. The molecule has 0 atom stereocenters. The number of nitrogens with zero attached hydrogens (tertiary/aromatic N) is 3. The standard InChI is InChI=1S/C88H80BN3/c1-85(2,3)65-45-62(46-66(53-65)86(4,5)6)59-37-41-71(42-38-59)91-80-52-61(63-47-67(87(7,8)9)54-68(48-63)88(10,11)12)39-43-77(80)89-78-51-64(58-29-19-14-20-30-58)50-76-74-36-26-25-35-73(74)75-49-60(57-27-17-13-18-28-57)40-44-79(75)92(84(76)78)82-56-72(55-81(91)83(82)89)90(69-31-21-15-22-32-69)70-33-23-16-24-34-70/h13-56H,1-12H3. The van der Waals surface area contributed by atoms with E-state index in [1.807, 2.05) is 0 Å². The van der Waals surface area contributed by atoms with Crippen molar-refractivity contribution in [3.8, 4) is 66.8 Å². The Hall–Kier alpha value is -9.90. The number of rotatable bonds is 8. The van der Waals surface area contributed by atoms with Crippen molar-refractivity contribution in [1.29, 1.82) is 0 Å². The van der Waals surface area contributed by atoms with Gasteiger partial charge in [-0.05, 0) is 189 Å². The van der Waals surface area contributed by atoms with E-state index in [0.717, 1.165) is 39.8 Å². The molecular formula is C88H80BN3. The van der Waals surface area contributed by atoms with E-state index in [2.05, 4.69) is 365 Å². The Morgan fingerprint density at radius 1 is 0.261 bits per heavy atom. The van der Waals surface area contributed by atoms with Crippen molar-refractivity contribution >= 4 is 74.3 Å². The lowest BCUT2D eigenvalue weighted by Crippen LogP contribution is -2.61. The minimum Gasteiger partial charge on any atom is -0.311 e. The van der Waals surface area contributed by atoms with Crippen LogP contribution in [0.25, 0.3) is 66.8 Å². The maximum Gasteiger partial charge on any atom is 0.252 e. The van der Waals surface area contributed by atoms with Gasteiger partial charge in [-0.2, -0.15) is 0 Å². The predicted octanol–water partition coefficient (Wildman–Crippen LogP) is 22.7. The highest BCUT2D eigenvalue weighted by molar-refractivity contribution is 7.00. The number of fused-ring (bicyclic) bond motifs is 9. The quantitative estimate of drug-likeness (QED) is 0.140. The molecule has 0 amide bonds. The molecule has 0 unspecified atom stereocenters. The van der Waals surface area contributed by atoms with Gasteiger partial charge in [0.15, 0.2) is 0 Å². The Morgan fingerprint density at radius 2 is 0.663 bits per heavy atom. The molecule has 0 aromatic heterocycles. The maximum absolute atomic E-state index is 2.66. The number of para-hydroxylation sites is 2. The predicted molar refractivity (Wildman–Crippen MR) is 396 cm³/mol. The summed E-state index contributed by atoms with van der Waals surface area (Å²) in [6, 6.07) is 102. The first-order valence-electron chi connectivity index (χ1n) is 32.9. The Morgan fingerprint density at radius 3 is 1.18 bits per heavy atom. The molecule has 12 aromatic carbocycles. The molecule has 3 aliphatic rings. The minimum absolute atomic E-state index is 0.0264. The molecule has 3 heterocycles.